The Morgan fingerprint density at radius 3 is 2.58 bits per heavy atom. The third-order valence-electron chi connectivity index (χ3n) is 3.61. The maximum atomic E-state index is 11.3. The number of thioether (sulfide) groups is 1. The summed E-state index contributed by atoms with van der Waals surface area (Å²) in [4.78, 5) is 19.8. The molecular formula is C19H17N3OS. The number of benzene rings is 2. The van der Waals surface area contributed by atoms with Crippen molar-refractivity contribution in [1.82, 2.24) is 9.97 Å². The van der Waals surface area contributed by atoms with Crippen LogP contribution in [0.3, 0.4) is 0 Å². The highest BCUT2D eigenvalue weighted by molar-refractivity contribution is 7.98. The highest BCUT2D eigenvalue weighted by Gasteiger charge is 2.09. The number of aromatic nitrogens is 2. The molecule has 0 aliphatic heterocycles. The molecule has 0 unspecified atom stereocenters. The third kappa shape index (κ3) is 3.81. The van der Waals surface area contributed by atoms with E-state index in [1.165, 1.54) is 17.3 Å². The maximum Gasteiger partial charge on any atom is 0.189 e. The van der Waals surface area contributed by atoms with Gasteiger partial charge in [0.2, 0.25) is 0 Å². The van der Waals surface area contributed by atoms with Gasteiger partial charge in [0.25, 0.3) is 0 Å². The topological polar surface area (TPSA) is 54.9 Å². The van der Waals surface area contributed by atoms with E-state index < -0.39 is 0 Å². The summed E-state index contributed by atoms with van der Waals surface area (Å²) in [5, 5.41) is 3.92. The quantitative estimate of drug-likeness (QED) is 0.412. The molecule has 1 aromatic heterocycles. The lowest BCUT2D eigenvalue weighted by Gasteiger charge is -2.13. The summed E-state index contributed by atoms with van der Waals surface area (Å²) < 4.78 is 0. The largest absolute Gasteiger partial charge is 0.339 e. The Morgan fingerprint density at radius 2 is 1.83 bits per heavy atom. The SMILES string of the molecule is CSc1ncc(C=O)c(Nc2ccccc2Cc2ccccc2)n1. The Hall–Kier alpha value is -2.66. The van der Waals surface area contributed by atoms with Crippen LogP contribution in [0.25, 0.3) is 0 Å². The number of rotatable bonds is 6. The second-order valence-electron chi connectivity index (χ2n) is 5.22. The van der Waals surface area contributed by atoms with Crippen molar-refractivity contribution in [3.63, 3.8) is 0 Å². The van der Waals surface area contributed by atoms with Crippen molar-refractivity contribution in [3.05, 3.63) is 77.5 Å². The minimum Gasteiger partial charge on any atom is -0.339 e. The molecule has 2 aromatic carbocycles. The van der Waals surface area contributed by atoms with E-state index in [4.69, 9.17) is 0 Å². The van der Waals surface area contributed by atoms with Gasteiger partial charge >= 0.3 is 0 Å². The van der Waals surface area contributed by atoms with E-state index >= 15 is 0 Å². The van der Waals surface area contributed by atoms with Gasteiger partial charge < -0.3 is 5.32 Å². The van der Waals surface area contributed by atoms with Gasteiger partial charge in [0.15, 0.2) is 11.4 Å². The number of carbonyl (C=O) groups excluding carboxylic acids is 1. The number of nitrogens with one attached hydrogen (secondary N) is 1. The van der Waals surface area contributed by atoms with Crippen LogP contribution < -0.4 is 5.32 Å². The Labute approximate surface area is 145 Å². The third-order valence-corrected chi connectivity index (χ3v) is 4.17. The first-order valence-electron chi connectivity index (χ1n) is 7.55. The molecule has 3 rings (SSSR count). The molecule has 0 radical (unpaired) electrons. The minimum absolute atomic E-state index is 0.447. The average Bonchev–Trinajstić information content (AvgIpc) is 2.64. The summed E-state index contributed by atoms with van der Waals surface area (Å²) >= 11 is 1.44. The highest BCUT2D eigenvalue weighted by atomic mass is 32.2. The van der Waals surface area contributed by atoms with Crippen LogP contribution >= 0.6 is 11.8 Å². The van der Waals surface area contributed by atoms with Crippen LogP contribution in [0.1, 0.15) is 21.5 Å². The average molecular weight is 335 g/mol. The van der Waals surface area contributed by atoms with Crippen molar-refractivity contribution >= 4 is 29.6 Å². The summed E-state index contributed by atoms with van der Waals surface area (Å²) in [5.74, 6) is 0.532. The van der Waals surface area contributed by atoms with Crippen LogP contribution in [0.4, 0.5) is 11.5 Å². The number of aldehydes is 1. The van der Waals surface area contributed by atoms with E-state index in [1.54, 1.807) is 6.20 Å². The van der Waals surface area contributed by atoms with Gasteiger partial charge in [-0.1, -0.05) is 60.3 Å². The second-order valence-corrected chi connectivity index (χ2v) is 6.00. The van der Waals surface area contributed by atoms with E-state index in [1.807, 2.05) is 42.7 Å². The molecule has 4 nitrogen and oxygen atoms in total. The molecule has 0 saturated carbocycles. The smallest absolute Gasteiger partial charge is 0.189 e. The minimum atomic E-state index is 0.447. The fraction of sp³-hybridized carbons (Fsp3) is 0.105. The number of nitrogens with zero attached hydrogens (tertiary/aromatic N) is 2. The molecule has 1 N–H and O–H groups in total. The van der Waals surface area contributed by atoms with Gasteiger partial charge in [-0.3, -0.25) is 4.79 Å². The van der Waals surface area contributed by atoms with E-state index in [9.17, 15) is 4.79 Å². The summed E-state index contributed by atoms with van der Waals surface area (Å²) in [6, 6.07) is 18.3. The molecule has 5 heteroatoms. The zero-order valence-electron chi connectivity index (χ0n) is 13.3. The predicted octanol–water partition coefficient (Wildman–Crippen LogP) is 4.35. The van der Waals surface area contributed by atoms with Gasteiger partial charge in [-0.05, 0) is 29.9 Å². The molecule has 3 aromatic rings. The van der Waals surface area contributed by atoms with E-state index in [2.05, 4.69) is 33.5 Å². The first-order chi connectivity index (χ1) is 11.8. The lowest BCUT2D eigenvalue weighted by atomic mass is 10.0. The molecule has 0 aliphatic rings. The van der Waals surface area contributed by atoms with Crippen molar-refractivity contribution < 1.29 is 4.79 Å². The van der Waals surface area contributed by atoms with Crippen LogP contribution in [0.5, 0.6) is 0 Å². The first kappa shape index (κ1) is 16.2. The van der Waals surface area contributed by atoms with Crippen LogP contribution in [0, 0.1) is 0 Å². The Morgan fingerprint density at radius 1 is 1.08 bits per heavy atom. The summed E-state index contributed by atoms with van der Waals surface area (Å²) in [7, 11) is 0. The molecule has 0 saturated heterocycles. The number of para-hydroxylation sites is 1. The zero-order chi connectivity index (χ0) is 16.8. The number of anilines is 2. The Balaban J connectivity index is 1.92. The van der Waals surface area contributed by atoms with Crippen molar-refractivity contribution in [2.75, 3.05) is 11.6 Å². The van der Waals surface area contributed by atoms with Gasteiger partial charge in [0.05, 0.1) is 5.56 Å². The number of hydrogen-bond acceptors (Lipinski definition) is 5. The summed E-state index contributed by atoms with van der Waals surface area (Å²) in [5.41, 5.74) is 3.76. The fourth-order valence-corrected chi connectivity index (χ4v) is 2.74. The van der Waals surface area contributed by atoms with Crippen LogP contribution in [0.15, 0.2) is 66.0 Å². The monoisotopic (exact) mass is 335 g/mol. The lowest BCUT2D eigenvalue weighted by Crippen LogP contribution is -2.03. The normalized spacial score (nSPS) is 10.4. The van der Waals surface area contributed by atoms with Crippen LogP contribution in [-0.2, 0) is 6.42 Å². The molecular weight excluding hydrogens is 318 g/mol. The second kappa shape index (κ2) is 7.75. The molecule has 120 valence electrons. The lowest BCUT2D eigenvalue weighted by molar-refractivity contribution is 0.112. The van der Waals surface area contributed by atoms with Crippen molar-refractivity contribution in [2.45, 2.75) is 11.6 Å². The molecule has 0 amide bonds. The van der Waals surface area contributed by atoms with Gasteiger partial charge in [0, 0.05) is 11.9 Å². The maximum absolute atomic E-state index is 11.3. The Bertz CT molecular complexity index is 837. The molecule has 0 aliphatic carbocycles. The van der Waals surface area contributed by atoms with Crippen molar-refractivity contribution in [3.8, 4) is 0 Å². The summed E-state index contributed by atoms with van der Waals surface area (Å²) in [6.45, 7) is 0. The van der Waals surface area contributed by atoms with Gasteiger partial charge in [0.1, 0.15) is 5.82 Å². The summed E-state index contributed by atoms with van der Waals surface area (Å²) in [6.07, 6.45) is 5.03. The van der Waals surface area contributed by atoms with E-state index in [-0.39, 0.29) is 0 Å². The highest BCUT2D eigenvalue weighted by Crippen LogP contribution is 2.24. The molecule has 24 heavy (non-hydrogen) atoms. The molecule has 0 bridgehead atoms. The van der Waals surface area contributed by atoms with Crippen molar-refractivity contribution in [1.29, 1.82) is 0 Å². The van der Waals surface area contributed by atoms with Gasteiger partial charge in [-0.2, -0.15) is 0 Å². The first-order valence-corrected chi connectivity index (χ1v) is 8.77. The van der Waals surface area contributed by atoms with E-state index in [0.29, 0.717) is 16.5 Å². The number of hydrogen-bond donors (Lipinski definition) is 1. The number of carbonyl (C=O) groups is 1. The van der Waals surface area contributed by atoms with Gasteiger partial charge in [-0.15, -0.1) is 0 Å². The molecule has 0 fully saturated rings. The van der Waals surface area contributed by atoms with E-state index in [0.717, 1.165) is 24.0 Å². The van der Waals surface area contributed by atoms with Gasteiger partial charge in [-0.25, -0.2) is 9.97 Å². The van der Waals surface area contributed by atoms with Crippen LogP contribution in [0.2, 0.25) is 0 Å². The fourth-order valence-electron chi connectivity index (χ4n) is 2.40. The molecule has 0 spiro atoms. The zero-order valence-corrected chi connectivity index (χ0v) is 14.1. The predicted molar refractivity (Wildman–Crippen MR) is 98.2 cm³/mol. The molecule has 0 atom stereocenters. The van der Waals surface area contributed by atoms with Crippen LogP contribution in [-0.4, -0.2) is 22.5 Å². The standard InChI is InChI=1S/C19H17N3OS/c1-24-19-20-12-16(13-23)18(22-19)21-17-10-6-5-9-15(17)11-14-7-3-2-4-8-14/h2-10,12-13H,11H2,1H3,(H,20,21,22). The van der Waals surface area contributed by atoms with Crippen molar-refractivity contribution in [2.24, 2.45) is 0 Å². The molecule has 1 heterocycles. The Kier molecular flexibility index (Phi) is 5.23.